The zero-order valence-electron chi connectivity index (χ0n) is 16.2. The summed E-state index contributed by atoms with van der Waals surface area (Å²) >= 11 is 0. The highest BCUT2D eigenvalue weighted by Gasteiger charge is 2.17. The molecule has 3 amide bonds. The summed E-state index contributed by atoms with van der Waals surface area (Å²) in [4.78, 5) is 36.5. The molecule has 0 saturated heterocycles. The predicted octanol–water partition coefficient (Wildman–Crippen LogP) is 1.46. The third-order valence-corrected chi connectivity index (χ3v) is 4.07. The molecular formula is C21H25N3O5. The molecule has 2 aromatic rings. The van der Waals surface area contributed by atoms with Crippen LogP contribution in [0.5, 0.6) is 5.75 Å². The number of carbonyl (C=O) groups is 3. The van der Waals surface area contributed by atoms with Gasteiger partial charge in [0, 0.05) is 26.8 Å². The molecular weight excluding hydrogens is 374 g/mol. The fourth-order valence-electron chi connectivity index (χ4n) is 2.55. The van der Waals surface area contributed by atoms with E-state index >= 15 is 0 Å². The van der Waals surface area contributed by atoms with Gasteiger partial charge in [0.1, 0.15) is 5.75 Å². The monoisotopic (exact) mass is 399 g/mol. The highest BCUT2D eigenvalue weighted by Crippen LogP contribution is 2.15. The number of para-hydroxylation sites is 1. The second kappa shape index (κ2) is 11.5. The van der Waals surface area contributed by atoms with Crippen LogP contribution in [0.25, 0.3) is 0 Å². The van der Waals surface area contributed by atoms with Crippen LogP contribution in [0.15, 0.2) is 48.5 Å². The Morgan fingerprint density at radius 2 is 1.66 bits per heavy atom. The minimum atomic E-state index is -0.852. The van der Waals surface area contributed by atoms with E-state index in [1.54, 1.807) is 55.6 Å². The van der Waals surface area contributed by atoms with Gasteiger partial charge in [-0.3, -0.25) is 14.4 Å². The standard InChI is InChI=1S/C21H25N3O5/c1-29-14-4-12-22-19(26)17-5-2-3-6-18(17)24-21(28)20(27)23-13-11-15-7-9-16(25)10-8-15/h2-3,5-10,25H,4,11-14H2,1H3,(H,22,26)(H,23,27)(H,24,28). The lowest BCUT2D eigenvalue weighted by atomic mass is 10.1. The highest BCUT2D eigenvalue weighted by molar-refractivity contribution is 6.40. The van der Waals surface area contributed by atoms with E-state index in [0.717, 1.165) is 5.56 Å². The van der Waals surface area contributed by atoms with Gasteiger partial charge in [-0.2, -0.15) is 0 Å². The number of carbonyl (C=O) groups excluding carboxylic acids is 3. The zero-order chi connectivity index (χ0) is 21.1. The average molecular weight is 399 g/mol. The van der Waals surface area contributed by atoms with E-state index in [2.05, 4.69) is 16.0 Å². The largest absolute Gasteiger partial charge is 0.508 e. The molecule has 8 heteroatoms. The van der Waals surface area contributed by atoms with Crippen molar-refractivity contribution in [2.75, 3.05) is 32.1 Å². The number of amides is 3. The molecule has 0 heterocycles. The molecule has 0 aliphatic heterocycles. The van der Waals surface area contributed by atoms with Crippen LogP contribution in [0.4, 0.5) is 5.69 Å². The Morgan fingerprint density at radius 1 is 0.931 bits per heavy atom. The van der Waals surface area contributed by atoms with Gasteiger partial charge in [0.15, 0.2) is 0 Å². The molecule has 0 unspecified atom stereocenters. The summed E-state index contributed by atoms with van der Waals surface area (Å²) in [6.07, 6.45) is 1.18. The summed E-state index contributed by atoms with van der Waals surface area (Å²) in [5.74, 6) is -1.82. The molecule has 154 valence electrons. The van der Waals surface area contributed by atoms with Gasteiger partial charge in [-0.25, -0.2) is 0 Å². The maximum atomic E-state index is 12.3. The topological polar surface area (TPSA) is 117 Å². The van der Waals surface area contributed by atoms with Crippen LogP contribution in [0.2, 0.25) is 0 Å². The second-order valence-electron chi connectivity index (χ2n) is 6.27. The third-order valence-electron chi connectivity index (χ3n) is 4.07. The van der Waals surface area contributed by atoms with E-state index < -0.39 is 11.8 Å². The molecule has 0 aromatic heterocycles. The van der Waals surface area contributed by atoms with Crippen LogP contribution in [0.1, 0.15) is 22.3 Å². The fourth-order valence-corrected chi connectivity index (χ4v) is 2.55. The quantitative estimate of drug-likeness (QED) is 0.376. The van der Waals surface area contributed by atoms with Crippen molar-refractivity contribution < 1.29 is 24.2 Å². The van der Waals surface area contributed by atoms with E-state index in [1.807, 2.05) is 0 Å². The van der Waals surface area contributed by atoms with Gasteiger partial charge >= 0.3 is 11.8 Å². The van der Waals surface area contributed by atoms with Gasteiger partial charge in [0.05, 0.1) is 11.3 Å². The molecule has 2 rings (SSSR count). The summed E-state index contributed by atoms with van der Waals surface area (Å²) < 4.78 is 4.93. The van der Waals surface area contributed by atoms with Crippen molar-refractivity contribution in [3.05, 3.63) is 59.7 Å². The van der Waals surface area contributed by atoms with Crippen molar-refractivity contribution in [2.24, 2.45) is 0 Å². The first-order valence-corrected chi connectivity index (χ1v) is 9.24. The lowest BCUT2D eigenvalue weighted by Gasteiger charge is -2.11. The molecule has 4 N–H and O–H groups in total. The molecule has 0 fully saturated rings. The molecule has 8 nitrogen and oxygen atoms in total. The smallest absolute Gasteiger partial charge is 0.313 e. The van der Waals surface area contributed by atoms with Crippen molar-refractivity contribution >= 4 is 23.4 Å². The third kappa shape index (κ3) is 7.27. The lowest BCUT2D eigenvalue weighted by molar-refractivity contribution is -0.136. The van der Waals surface area contributed by atoms with Crippen molar-refractivity contribution in [3.8, 4) is 5.75 Å². The van der Waals surface area contributed by atoms with Crippen molar-refractivity contribution in [2.45, 2.75) is 12.8 Å². The van der Waals surface area contributed by atoms with E-state index in [9.17, 15) is 19.5 Å². The van der Waals surface area contributed by atoms with Crippen molar-refractivity contribution in [3.63, 3.8) is 0 Å². The Kier molecular flexibility index (Phi) is 8.65. The van der Waals surface area contributed by atoms with Crippen LogP contribution in [-0.4, -0.2) is 49.6 Å². The maximum absolute atomic E-state index is 12.3. The van der Waals surface area contributed by atoms with Crippen LogP contribution < -0.4 is 16.0 Å². The highest BCUT2D eigenvalue weighted by atomic mass is 16.5. The number of hydrogen-bond acceptors (Lipinski definition) is 5. The molecule has 0 aliphatic rings. The summed E-state index contributed by atoms with van der Waals surface area (Å²) in [5.41, 5.74) is 1.45. The van der Waals surface area contributed by atoms with Gasteiger partial charge in [0.25, 0.3) is 5.91 Å². The van der Waals surface area contributed by atoms with E-state index in [-0.39, 0.29) is 29.5 Å². The second-order valence-corrected chi connectivity index (χ2v) is 6.27. The number of ether oxygens (including phenoxy) is 1. The predicted molar refractivity (Wildman–Crippen MR) is 109 cm³/mol. The molecule has 0 spiro atoms. The number of nitrogens with one attached hydrogen (secondary N) is 3. The summed E-state index contributed by atoms with van der Waals surface area (Å²) in [6.45, 7) is 1.23. The fraction of sp³-hybridized carbons (Fsp3) is 0.286. The number of phenols is 1. The Labute approximate surface area is 169 Å². The number of phenolic OH excluding ortho intramolecular Hbond substituents is 1. The SMILES string of the molecule is COCCCNC(=O)c1ccccc1NC(=O)C(=O)NCCc1ccc(O)cc1. The molecule has 29 heavy (non-hydrogen) atoms. The number of methoxy groups -OCH3 is 1. The molecule has 0 aliphatic carbocycles. The first kappa shape index (κ1) is 21.9. The van der Waals surface area contributed by atoms with Crippen LogP contribution in [-0.2, 0) is 20.7 Å². The minimum absolute atomic E-state index is 0.165. The number of rotatable bonds is 9. The minimum Gasteiger partial charge on any atom is -0.508 e. The lowest BCUT2D eigenvalue weighted by Crippen LogP contribution is -2.37. The van der Waals surface area contributed by atoms with Gasteiger partial charge in [-0.1, -0.05) is 24.3 Å². The maximum Gasteiger partial charge on any atom is 0.313 e. The zero-order valence-corrected chi connectivity index (χ0v) is 16.2. The van der Waals surface area contributed by atoms with Gasteiger partial charge in [0.2, 0.25) is 0 Å². The summed E-state index contributed by atoms with van der Waals surface area (Å²) in [6, 6.07) is 13.1. The molecule has 0 radical (unpaired) electrons. The number of benzene rings is 2. The number of aromatic hydroxyl groups is 1. The average Bonchev–Trinajstić information content (AvgIpc) is 2.72. The van der Waals surface area contributed by atoms with Gasteiger partial charge in [-0.05, 0) is 42.7 Å². The number of anilines is 1. The van der Waals surface area contributed by atoms with Crippen molar-refractivity contribution in [1.82, 2.24) is 10.6 Å². The van der Waals surface area contributed by atoms with E-state index in [0.29, 0.717) is 26.0 Å². The Balaban J connectivity index is 1.86. The van der Waals surface area contributed by atoms with E-state index in [4.69, 9.17) is 4.74 Å². The molecule has 0 bridgehead atoms. The normalized spacial score (nSPS) is 10.2. The van der Waals surface area contributed by atoms with Gasteiger partial charge in [-0.15, -0.1) is 0 Å². The first-order chi connectivity index (χ1) is 14.0. The van der Waals surface area contributed by atoms with Crippen LogP contribution >= 0.6 is 0 Å². The first-order valence-electron chi connectivity index (χ1n) is 9.24. The Bertz CT molecular complexity index is 836. The summed E-state index contributed by atoms with van der Waals surface area (Å²) in [5, 5.41) is 17.0. The molecule has 2 aromatic carbocycles. The van der Waals surface area contributed by atoms with Crippen molar-refractivity contribution in [1.29, 1.82) is 0 Å². The Hall–Kier alpha value is -3.39. The summed E-state index contributed by atoms with van der Waals surface area (Å²) in [7, 11) is 1.59. The van der Waals surface area contributed by atoms with E-state index in [1.165, 1.54) is 0 Å². The molecule has 0 atom stereocenters. The Morgan fingerprint density at radius 3 is 2.38 bits per heavy atom. The molecule has 0 saturated carbocycles. The van der Waals surface area contributed by atoms with Crippen LogP contribution in [0.3, 0.4) is 0 Å². The van der Waals surface area contributed by atoms with Crippen LogP contribution in [0, 0.1) is 0 Å². The number of hydrogen-bond donors (Lipinski definition) is 4. The van der Waals surface area contributed by atoms with Gasteiger partial charge < -0.3 is 25.8 Å².